The minimum Gasteiger partial charge on any atom is -0.268 e. The standard InChI is InChI=1S/C11H15BrN4S2/c1-4-8-10(12)9(16(5-2)14-8)6-17-11-13-7(3)15-18-11/h4-6H2,1-3H3. The second-order valence-corrected chi connectivity index (χ2v) is 6.54. The normalized spacial score (nSPS) is 11.1. The summed E-state index contributed by atoms with van der Waals surface area (Å²) < 4.78 is 8.40. The second-order valence-electron chi connectivity index (χ2n) is 3.77. The molecular formula is C11H15BrN4S2. The SMILES string of the molecule is CCc1nn(CC)c(CSc2nc(C)ns2)c1Br. The van der Waals surface area contributed by atoms with E-state index in [1.54, 1.807) is 11.8 Å². The largest absolute Gasteiger partial charge is 0.268 e. The molecule has 0 spiro atoms. The predicted molar refractivity (Wildman–Crippen MR) is 79.2 cm³/mol. The van der Waals surface area contributed by atoms with Crippen molar-refractivity contribution in [1.82, 2.24) is 19.1 Å². The third kappa shape index (κ3) is 2.95. The summed E-state index contributed by atoms with van der Waals surface area (Å²) in [6.07, 6.45) is 0.948. The van der Waals surface area contributed by atoms with Crippen LogP contribution in [0.15, 0.2) is 8.81 Å². The van der Waals surface area contributed by atoms with Crippen LogP contribution in [0.25, 0.3) is 0 Å². The molecule has 4 nitrogen and oxygen atoms in total. The Morgan fingerprint density at radius 1 is 1.39 bits per heavy atom. The second kappa shape index (κ2) is 6.16. The van der Waals surface area contributed by atoms with E-state index in [1.165, 1.54) is 17.2 Å². The Labute approximate surface area is 123 Å². The van der Waals surface area contributed by atoms with E-state index in [9.17, 15) is 0 Å². The fourth-order valence-electron chi connectivity index (χ4n) is 1.62. The Morgan fingerprint density at radius 3 is 2.72 bits per heavy atom. The van der Waals surface area contributed by atoms with E-state index in [1.807, 2.05) is 6.92 Å². The maximum atomic E-state index is 4.59. The molecule has 0 N–H and O–H groups in total. The number of thioether (sulfide) groups is 1. The molecule has 0 aliphatic carbocycles. The molecule has 2 aromatic heterocycles. The van der Waals surface area contributed by atoms with Crippen LogP contribution in [-0.2, 0) is 18.7 Å². The van der Waals surface area contributed by atoms with Gasteiger partial charge in [0.15, 0.2) is 4.34 Å². The monoisotopic (exact) mass is 346 g/mol. The number of rotatable bonds is 5. The summed E-state index contributed by atoms with van der Waals surface area (Å²) >= 11 is 6.83. The molecule has 0 unspecified atom stereocenters. The first kappa shape index (κ1) is 14.0. The van der Waals surface area contributed by atoms with Gasteiger partial charge in [-0.15, -0.1) is 0 Å². The van der Waals surface area contributed by atoms with Gasteiger partial charge in [-0.1, -0.05) is 18.7 Å². The van der Waals surface area contributed by atoms with Gasteiger partial charge in [-0.2, -0.15) is 9.47 Å². The molecule has 2 aromatic rings. The Kier molecular flexibility index (Phi) is 4.80. The van der Waals surface area contributed by atoms with E-state index in [0.29, 0.717) is 0 Å². The quantitative estimate of drug-likeness (QED) is 0.774. The van der Waals surface area contributed by atoms with Gasteiger partial charge in [0.05, 0.1) is 15.9 Å². The Hall–Kier alpha value is -0.400. The number of halogens is 1. The zero-order valence-corrected chi connectivity index (χ0v) is 13.8. The van der Waals surface area contributed by atoms with Gasteiger partial charge in [0.25, 0.3) is 0 Å². The highest BCUT2D eigenvalue weighted by Crippen LogP contribution is 2.30. The van der Waals surface area contributed by atoms with Gasteiger partial charge in [0.1, 0.15) is 5.82 Å². The van der Waals surface area contributed by atoms with E-state index >= 15 is 0 Å². The number of aromatic nitrogens is 4. The van der Waals surface area contributed by atoms with Gasteiger partial charge in [-0.05, 0) is 47.7 Å². The van der Waals surface area contributed by atoms with Crippen LogP contribution in [0.5, 0.6) is 0 Å². The average Bonchev–Trinajstić information content (AvgIpc) is 2.91. The fraction of sp³-hybridized carbons (Fsp3) is 0.545. The fourth-order valence-corrected chi connectivity index (χ4v) is 4.19. The molecule has 0 aromatic carbocycles. The maximum absolute atomic E-state index is 4.59. The first-order chi connectivity index (χ1) is 8.65. The predicted octanol–water partition coefficient (Wildman–Crippen LogP) is 3.68. The van der Waals surface area contributed by atoms with Crippen LogP contribution in [-0.4, -0.2) is 19.1 Å². The highest BCUT2D eigenvalue weighted by molar-refractivity contribution is 9.10. The third-order valence-corrected chi connectivity index (χ3v) is 5.39. The lowest BCUT2D eigenvalue weighted by Crippen LogP contribution is -2.01. The lowest BCUT2D eigenvalue weighted by atomic mass is 10.3. The van der Waals surface area contributed by atoms with Crippen molar-refractivity contribution in [2.75, 3.05) is 0 Å². The lowest BCUT2D eigenvalue weighted by Gasteiger charge is -2.03. The van der Waals surface area contributed by atoms with Gasteiger partial charge in [-0.3, -0.25) is 4.68 Å². The smallest absolute Gasteiger partial charge is 0.170 e. The first-order valence-electron chi connectivity index (χ1n) is 5.82. The van der Waals surface area contributed by atoms with Crippen LogP contribution in [0.2, 0.25) is 0 Å². The van der Waals surface area contributed by atoms with Crippen molar-refractivity contribution in [2.45, 2.75) is 43.8 Å². The number of nitrogens with zero attached hydrogens (tertiary/aromatic N) is 4. The van der Waals surface area contributed by atoms with Crippen molar-refractivity contribution < 1.29 is 0 Å². The van der Waals surface area contributed by atoms with Crippen LogP contribution in [0.4, 0.5) is 0 Å². The van der Waals surface area contributed by atoms with Crippen molar-refractivity contribution in [2.24, 2.45) is 0 Å². The van der Waals surface area contributed by atoms with Crippen molar-refractivity contribution in [1.29, 1.82) is 0 Å². The summed E-state index contributed by atoms with van der Waals surface area (Å²) in [6.45, 7) is 7.05. The van der Waals surface area contributed by atoms with E-state index in [-0.39, 0.29) is 0 Å². The maximum Gasteiger partial charge on any atom is 0.170 e. The Balaban J connectivity index is 2.15. The van der Waals surface area contributed by atoms with Gasteiger partial charge in [-0.25, -0.2) is 4.98 Å². The zero-order chi connectivity index (χ0) is 13.1. The molecule has 0 aliphatic rings. The van der Waals surface area contributed by atoms with Gasteiger partial charge >= 0.3 is 0 Å². The van der Waals surface area contributed by atoms with E-state index in [0.717, 1.165) is 39.0 Å². The molecule has 0 fully saturated rings. The number of hydrogen-bond acceptors (Lipinski definition) is 5. The van der Waals surface area contributed by atoms with Crippen molar-refractivity contribution in [3.8, 4) is 0 Å². The molecule has 0 aliphatic heterocycles. The Bertz CT molecular complexity index is 535. The molecule has 2 rings (SSSR count). The van der Waals surface area contributed by atoms with Gasteiger partial charge in [0, 0.05) is 12.3 Å². The summed E-state index contributed by atoms with van der Waals surface area (Å²) in [5, 5.41) is 4.59. The van der Waals surface area contributed by atoms with E-state index in [2.05, 4.69) is 48.9 Å². The number of hydrogen-bond donors (Lipinski definition) is 0. The molecule has 98 valence electrons. The lowest BCUT2D eigenvalue weighted by molar-refractivity contribution is 0.627. The van der Waals surface area contributed by atoms with Gasteiger partial charge < -0.3 is 0 Å². The topological polar surface area (TPSA) is 43.6 Å². The number of aryl methyl sites for hydroxylation is 3. The molecule has 2 heterocycles. The zero-order valence-electron chi connectivity index (χ0n) is 10.6. The summed E-state index contributed by atoms with van der Waals surface area (Å²) in [5.41, 5.74) is 2.35. The molecule has 0 bridgehead atoms. The molecule has 0 radical (unpaired) electrons. The summed E-state index contributed by atoms with van der Waals surface area (Å²) in [7, 11) is 0. The van der Waals surface area contributed by atoms with Crippen LogP contribution < -0.4 is 0 Å². The minimum absolute atomic E-state index is 0.847. The molecule has 0 saturated carbocycles. The molecule has 18 heavy (non-hydrogen) atoms. The Morgan fingerprint density at radius 2 is 2.17 bits per heavy atom. The van der Waals surface area contributed by atoms with Crippen molar-refractivity contribution >= 4 is 39.2 Å². The van der Waals surface area contributed by atoms with E-state index < -0.39 is 0 Å². The average molecular weight is 347 g/mol. The third-order valence-electron chi connectivity index (χ3n) is 2.54. The first-order valence-corrected chi connectivity index (χ1v) is 8.38. The van der Waals surface area contributed by atoms with Gasteiger partial charge in [0.2, 0.25) is 0 Å². The molecule has 0 amide bonds. The minimum atomic E-state index is 0.847. The summed E-state index contributed by atoms with van der Waals surface area (Å²) in [6, 6.07) is 0. The van der Waals surface area contributed by atoms with Crippen molar-refractivity contribution in [3.05, 3.63) is 21.7 Å². The highest BCUT2D eigenvalue weighted by Gasteiger charge is 2.14. The van der Waals surface area contributed by atoms with Crippen LogP contribution >= 0.6 is 39.2 Å². The molecule has 0 atom stereocenters. The summed E-state index contributed by atoms with van der Waals surface area (Å²) in [5.74, 6) is 1.72. The molecule has 7 heteroatoms. The summed E-state index contributed by atoms with van der Waals surface area (Å²) in [4.78, 5) is 4.36. The van der Waals surface area contributed by atoms with Crippen LogP contribution in [0, 0.1) is 6.92 Å². The van der Waals surface area contributed by atoms with Crippen LogP contribution in [0.1, 0.15) is 31.1 Å². The van der Waals surface area contributed by atoms with Crippen molar-refractivity contribution in [3.63, 3.8) is 0 Å². The molecule has 0 saturated heterocycles. The van der Waals surface area contributed by atoms with E-state index in [4.69, 9.17) is 0 Å². The highest BCUT2D eigenvalue weighted by atomic mass is 79.9. The van der Waals surface area contributed by atoms with Crippen LogP contribution in [0.3, 0.4) is 0 Å². The molecular weight excluding hydrogens is 332 g/mol.